The fourth-order valence-electron chi connectivity index (χ4n) is 4.66. The lowest BCUT2D eigenvalue weighted by Gasteiger charge is -2.36. The predicted molar refractivity (Wildman–Crippen MR) is 124 cm³/mol. The Labute approximate surface area is 195 Å². The number of ether oxygens (including phenoxy) is 1. The Bertz CT molecular complexity index is 874. The van der Waals surface area contributed by atoms with E-state index in [1.807, 2.05) is 32.0 Å². The molecule has 2 N–H and O–H groups in total. The quantitative estimate of drug-likeness (QED) is 0.613. The van der Waals surface area contributed by atoms with Gasteiger partial charge < -0.3 is 20.3 Å². The number of hydrogen-bond acceptors (Lipinski definition) is 5. The molecule has 1 aliphatic carbocycles. The molecule has 2 fully saturated rings. The highest BCUT2D eigenvalue weighted by Crippen LogP contribution is 2.29. The van der Waals surface area contributed by atoms with Crippen LogP contribution >= 0.6 is 0 Å². The highest BCUT2D eigenvalue weighted by molar-refractivity contribution is 5.96. The topological polar surface area (TPSA) is 105 Å². The molecular weight excluding hydrogens is 422 g/mol. The Morgan fingerprint density at radius 2 is 1.67 bits per heavy atom. The third-order valence-electron chi connectivity index (χ3n) is 6.59. The molecule has 0 aromatic heterocycles. The third kappa shape index (κ3) is 6.33. The Morgan fingerprint density at radius 1 is 1.03 bits per heavy atom. The number of amides is 3. The first kappa shape index (κ1) is 24.7. The van der Waals surface area contributed by atoms with Crippen molar-refractivity contribution in [2.75, 3.05) is 18.4 Å². The van der Waals surface area contributed by atoms with Crippen molar-refractivity contribution in [3.05, 3.63) is 29.3 Å². The minimum absolute atomic E-state index is 0.00507. The van der Waals surface area contributed by atoms with Gasteiger partial charge in [-0.2, -0.15) is 0 Å². The molecule has 0 spiro atoms. The molecule has 1 aromatic rings. The number of piperidine rings is 1. The predicted octanol–water partition coefficient (Wildman–Crippen LogP) is 2.86. The molecule has 180 valence electrons. The minimum Gasteiger partial charge on any atom is -0.451 e. The summed E-state index contributed by atoms with van der Waals surface area (Å²) in [6.07, 6.45) is 5.04. The smallest absolute Gasteiger partial charge is 0.329 e. The van der Waals surface area contributed by atoms with Gasteiger partial charge >= 0.3 is 5.97 Å². The molecule has 0 radical (unpaired) electrons. The summed E-state index contributed by atoms with van der Waals surface area (Å²) in [7, 11) is 0. The Morgan fingerprint density at radius 3 is 2.33 bits per heavy atom. The first-order valence-corrected chi connectivity index (χ1v) is 11.9. The number of anilines is 1. The van der Waals surface area contributed by atoms with Crippen molar-refractivity contribution in [2.24, 2.45) is 5.92 Å². The normalized spacial score (nSPS) is 19.6. The summed E-state index contributed by atoms with van der Waals surface area (Å²) in [6.45, 7) is 5.59. The number of aryl methyl sites for hydroxylation is 2. The third-order valence-corrected chi connectivity index (χ3v) is 6.59. The van der Waals surface area contributed by atoms with Crippen LogP contribution in [0.3, 0.4) is 0 Å². The van der Waals surface area contributed by atoms with Gasteiger partial charge in [0.2, 0.25) is 11.8 Å². The molecule has 8 nitrogen and oxygen atoms in total. The van der Waals surface area contributed by atoms with E-state index in [2.05, 4.69) is 10.6 Å². The van der Waals surface area contributed by atoms with Crippen LogP contribution in [0.4, 0.5) is 5.69 Å². The Hall–Kier alpha value is -2.90. The number of para-hydroxylation sites is 1. The van der Waals surface area contributed by atoms with Gasteiger partial charge in [0, 0.05) is 18.2 Å². The number of rotatable bonds is 7. The Balaban J connectivity index is 1.50. The largest absolute Gasteiger partial charge is 0.451 e. The van der Waals surface area contributed by atoms with Crippen LogP contribution in [0.15, 0.2) is 18.2 Å². The summed E-state index contributed by atoms with van der Waals surface area (Å²) in [6, 6.07) is 5.06. The molecule has 8 heteroatoms. The number of hydrogen-bond donors (Lipinski definition) is 2. The molecule has 2 atom stereocenters. The van der Waals surface area contributed by atoms with E-state index in [4.69, 9.17) is 4.74 Å². The van der Waals surface area contributed by atoms with Crippen LogP contribution in [0.25, 0.3) is 0 Å². The molecule has 33 heavy (non-hydrogen) atoms. The van der Waals surface area contributed by atoms with E-state index >= 15 is 0 Å². The van der Waals surface area contributed by atoms with Gasteiger partial charge in [0.15, 0.2) is 6.10 Å². The zero-order valence-corrected chi connectivity index (χ0v) is 19.8. The van der Waals surface area contributed by atoms with Gasteiger partial charge in [0.1, 0.15) is 6.04 Å². The highest BCUT2D eigenvalue weighted by Gasteiger charge is 2.38. The summed E-state index contributed by atoms with van der Waals surface area (Å²) < 4.78 is 5.41. The van der Waals surface area contributed by atoms with E-state index < -0.39 is 24.0 Å². The fraction of sp³-hybridized carbons (Fsp3) is 0.600. The van der Waals surface area contributed by atoms with E-state index in [0.29, 0.717) is 13.0 Å². The highest BCUT2D eigenvalue weighted by atomic mass is 16.5. The van der Waals surface area contributed by atoms with E-state index in [-0.39, 0.29) is 24.3 Å². The molecule has 1 saturated heterocycles. The van der Waals surface area contributed by atoms with Gasteiger partial charge in [-0.1, -0.05) is 31.0 Å². The number of nitrogens with zero attached hydrogens (tertiary/aromatic N) is 1. The lowest BCUT2D eigenvalue weighted by atomic mass is 9.98. The lowest BCUT2D eigenvalue weighted by Crippen LogP contribution is -2.51. The number of nitrogens with one attached hydrogen (secondary N) is 2. The summed E-state index contributed by atoms with van der Waals surface area (Å²) in [5.74, 6) is -1.43. The van der Waals surface area contributed by atoms with Crippen molar-refractivity contribution in [1.29, 1.82) is 0 Å². The number of likely N-dealkylation sites (tertiary alicyclic amines) is 1. The maximum Gasteiger partial charge on any atom is 0.329 e. The zero-order chi connectivity index (χ0) is 24.0. The van der Waals surface area contributed by atoms with Crippen molar-refractivity contribution in [3.8, 4) is 0 Å². The number of esters is 1. The second-order valence-electron chi connectivity index (χ2n) is 9.14. The van der Waals surface area contributed by atoms with Gasteiger partial charge in [0.25, 0.3) is 5.91 Å². The van der Waals surface area contributed by atoms with E-state index in [0.717, 1.165) is 55.3 Å². The van der Waals surface area contributed by atoms with Crippen LogP contribution in [0, 0.1) is 19.8 Å². The molecule has 2 aliphatic rings. The summed E-state index contributed by atoms with van der Waals surface area (Å²) in [4.78, 5) is 52.1. The van der Waals surface area contributed by atoms with E-state index in [1.165, 1.54) is 6.92 Å². The summed E-state index contributed by atoms with van der Waals surface area (Å²) >= 11 is 0. The fourth-order valence-corrected chi connectivity index (χ4v) is 4.66. The van der Waals surface area contributed by atoms with Gasteiger partial charge in [-0.25, -0.2) is 4.79 Å². The van der Waals surface area contributed by atoms with Crippen molar-refractivity contribution >= 4 is 29.4 Å². The maximum atomic E-state index is 12.9. The molecule has 1 heterocycles. The summed E-state index contributed by atoms with van der Waals surface area (Å²) in [5, 5.41) is 5.32. The Kier molecular flexibility index (Phi) is 8.47. The number of carbonyl (C=O) groups excluding carboxylic acids is 4. The van der Waals surface area contributed by atoms with Crippen LogP contribution in [-0.2, 0) is 23.9 Å². The first-order chi connectivity index (χ1) is 15.8. The second kappa shape index (κ2) is 11.3. The molecule has 1 saturated carbocycles. The maximum absolute atomic E-state index is 12.9. The standard InChI is InChI=1S/C25H35N3O5/c1-16-9-8-10-17(2)22(16)27-21(29)15-26-23(30)18(3)33-25(32)20-13-6-7-14-28(20)24(31)19-11-4-5-12-19/h8-10,18-20H,4-7,11-15H2,1-3H3,(H,26,30)(H,27,29). The van der Waals surface area contributed by atoms with Crippen LogP contribution in [0.5, 0.6) is 0 Å². The number of carbonyl (C=O) groups is 4. The molecule has 0 bridgehead atoms. The van der Waals surface area contributed by atoms with Crippen LogP contribution in [0.1, 0.15) is 63.0 Å². The molecule has 3 rings (SSSR count). The van der Waals surface area contributed by atoms with Crippen LogP contribution < -0.4 is 10.6 Å². The van der Waals surface area contributed by atoms with Crippen LogP contribution in [0.2, 0.25) is 0 Å². The van der Waals surface area contributed by atoms with Gasteiger partial charge in [-0.15, -0.1) is 0 Å². The minimum atomic E-state index is -1.06. The molecule has 3 amide bonds. The van der Waals surface area contributed by atoms with Crippen LogP contribution in [-0.4, -0.2) is 53.8 Å². The zero-order valence-electron chi connectivity index (χ0n) is 19.8. The first-order valence-electron chi connectivity index (χ1n) is 11.9. The average Bonchev–Trinajstić information content (AvgIpc) is 3.34. The van der Waals surface area contributed by atoms with Crippen molar-refractivity contribution in [1.82, 2.24) is 10.2 Å². The van der Waals surface area contributed by atoms with E-state index in [9.17, 15) is 19.2 Å². The molecule has 2 unspecified atom stereocenters. The summed E-state index contributed by atoms with van der Waals surface area (Å²) in [5.41, 5.74) is 2.59. The second-order valence-corrected chi connectivity index (χ2v) is 9.14. The van der Waals surface area contributed by atoms with Crippen molar-refractivity contribution < 1.29 is 23.9 Å². The molecule has 1 aliphatic heterocycles. The van der Waals surface area contributed by atoms with Gasteiger partial charge in [0.05, 0.1) is 6.54 Å². The molecule has 1 aromatic carbocycles. The SMILES string of the molecule is Cc1cccc(C)c1NC(=O)CNC(=O)C(C)OC(=O)C1CCCCN1C(=O)C1CCCC1. The van der Waals surface area contributed by atoms with Gasteiger partial charge in [-0.05, 0) is 64.0 Å². The lowest BCUT2D eigenvalue weighted by molar-refractivity contribution is -0.165. The van der Waals surface area contributed by atoms with Crippen molar-refractivity contribution in [2.45, 2.75) is 77.9 Å². The number of benzene rings is 1. The average molecular weight is 458 g/mol. The monoisotopic (exact) mass is 457 g/mol. The van der Waals surface area contributed by atoms with E-state index in [1.54, 1.807) is 4.90 Å². The van der Waals surface area contributed by atoms with Gasteiger partial charge in [-0.3, -0.25) is 14.4 Å². The molecular formula is C25H35N3O5. The van der Waals surface area contributed by atoms with Crippen molar-refractivity contribution in [3.63, 3.8) is 0 Å².